The fraction of sp³-hybridized carbons (Fsp3) is 0.844. The molecule has 0 bridgehead atoms. The Kier molecular flexibility index (Phi) is 19.9. The van der Waals surface area contributed by atoms with Crippen molar-refractivity contribution < 1.29 is 82.5 Å². The van der Waals surface area contributed by atoms with Crippen LogP contribution in [-0.2, 0) is 57.0 Å². The van der Waals surface area contributed by atoms with Crippen LogP contribution in [-0.4, -0.2) is 187 Å². The van der Waals surface area contributed by atoms with Gasteiger partial charge in [-0.1, -0.05) is 38.5 Å². The zero-order valence-electron chi connectivity index (χ0n) is 39.0. The Balaban J connectivity index is 1.60. The van der Waals surface area contributed by atoms with E-state index >= 15 is 0 Å². The van der Waals surface area contributed by atoms with Crippen molar-refractivity contribution in [2.75, 3.05) is 34.9 Å². The molecule has 5 N–H and O–H groups in total. The Bertz CT molecular complexity index is 1540. The number of aldehydes is 1. The number of cyclic esters (lactones) is 1. The molecule has 18 nitrogen and oxygen atoms in total. The lowest BCUT2D eigenvalue weighted by Gasteiger charge is -2.50. The molecule has 4 aliphatic rings. The standard InChI is InChI=1S/C45H75NO17/c1-13-32-29(21-57-44-41(56-12)40(55-11)36(51)25(5)59-44)16-22(2)14-15-30(48)23(3)17-28(20-47)38(24(4)31(49)18-33(50)61-32)63-43-37(52)35(46(9)10)39(26(6)60-43)62-34-19-45(8,54)42(53)27(7)58-34/h14-16,20,23-29,31-32,34-44,49,51-54H,13,17-19,21H2,1-12H3/b15-14-,22-16+. The van der Waals surface area contributed by atoms with Crippen molar-refractivity contribution in [1.29, 1.82) is 0 Å². The maximum atomic E-state index is 13.7. The van der Waals surface area contributed by atoms with Gasteiger partial charge in [-0.3, -0.25) is 9.59 Å². The van der Waals surface area contributed by atoms with Gasteiger partial charge >= 0.3 is 5.97 Å². The first-order valence-corrected chi connectivity index (χ1v) is 22.2. The number of methoxy groups -OCH3 is 2. The lowest BCUT2D eigenvalue weighted by atomic mass is 9.81. The maximum Gasteiger partial charge on any atom is 0.308 e. The Morgan fingerprint density at radius 1 is 0.857 bits per heavy atom. The molecule has 63 heavy (non-hydrogen) atoms. The fourth-order valence-electron chi connectivity index (χ4n) is 9.19. The summed E-state index contributed by atoms with van der Waals surface area (Å²) in [7, 11) is 6.40. The molecule has 4 rings (SSSR count). The number of hydrogen-bond donors (Lipinski definition) is 5. The molecule has 0 aromatic carbocycles. The zero-order chi connectivity index (χ0) is 47.1. The number of ether oxygens (including phenoxy) is 9. The van der Waals surface area contributed by atoms with Gasteiger partial charge in [0.1, 0.15) is 49.0 Å². The van der Waals surface area contributed by atoms with Crippen molar-refractivity contribution >= 4 is 18.0 Å². The van der Waals surface area contributed by atoms with Gasteiger partial charge in [-0.15, -0.1) is 0 Å². The van der Waals surface area contributed by atoms with Crippen molar-refractivity contribution in [2.24, 2.45) is 23.7 Å². The number of ketones is 1. The van der Waals surface area contributed by atoms with Gasteiger partial charge in [0.2, 0.25) is 0 Å². The third-order valence-electron chi connectivity index (χ3n) is 13.1. The highest BCUT2D eigenvalue weighted by atomic mass is 16.7. The van der Waals surface area contributed by atoms with Crippen molar-refractivity contribution in [3.63, 3.8) is 0 Å². The molecular formula is C45H75NO17. The molecule has 21 unspecified atom stereocenters. The quantitative estimate of drug-likeness (QED) is 0.138. The number of rotatable bonds is 12. The summed E-state index contributed by atoms with van der Waals surface area (Å²) in [4.78, 5) is 42.0. The number of nitrogens with zero attached hydrogens (tertiary/aromatic N) is 1. The highest BCUT2D eigenvalue weighted by Gasteiger charge is 2.52. The van der Waals surface area contributed by atoms with Gasteiger partial charge in [-0.25, -0.2) is 0 Å². The lowest BCUT2D eigenvalue weighted by molar-refractivity contribution is -0.341. The van der Waals surface area contributed by atoms with Gasteiger partial charge in [-0.05, 0) is 67.6 Å². The summed E-state index contributed by atoms with van der Waals surface area (Å²) in [5, 5.41) is 55.5. The van der Waals surface area contributed by atoms with Crippen molar-refractivity contribution in [2.45, 2.75) is 185 Å². The topological polar surface area (TPSA) is 239 Å². The minimum absolute atomic E-state index is 0.0117. The largest absolute Gasteiger partial charge is 0.462 e. The Hall–Kier alpha value is -2.27. The summed E-state index contributed by atoms with van der Waals surface area (Å²) < 4.78 is 54.4. The van der Waals surface area contributed by atoms with Crippen molar-refractivity contribution in [1.82, 2.24) is 4.90 Å². The van der Waals surface area contributed by atoms with Gasteiger partial charge in [0.15, 0.2) is 24.7 Å². The first-order valence-electron chi connectivity index (χ1n) is 22.2. The minimum Gasteiger partial charge on any atom is -0.462 e. The second-order valence-electron chi connectivity index (χ2n) is 18.4. The number of likely N-dealkylation sites (N-methyl/N-ethyl adjacent to an activating group) is 1. The number of carbonyl (C=O) groups is 3. The minimum atomic E-state index is -1.49. The highest BCUT2D eigenvalue weighted by Crippen LogP contribution is 2.37. The predicted molar refractivity (Wildman–Crippen MR) is 226 cm³/mol. The number of hydrogen-bond acceptors (Lipinski definition) is 18. The van der Waals surface area contributed by atoms with E-state index in [0.29, 0.717) is 18.3 Å². The molecule has 0 radical (unpaired) electrons. The Morgan fingerprint density at radius 2 is 1.51 bits per heavy atom. The van der Waals surface area contributed by atoms with E-state index in [1.165, 1.54) is 27.2 Å². The van der Waals surface area contributed by atoms with E-state index in [1.54, 1.807) is 66.6 Å². The maximum absolute atomic E-state index is 13.7. The smallest absolute Gasteiger partial charge is 0.308 e. The molecule has 362 valence electrons. The predicted octanol–water partition coefficient (Wildman–Crippen LogP) is 1.44. The molecule has 4 heterocycles. The molecule has 0 amide bonds. The Labute approximate surface area is 372 Å². The molecule has 0 aromatic heterocycles. The van der Waals surface area contributed by atoms with Crippen LogP contribution in [0.4, 0.5) is 0 Å². The van der Waals surface area contributed by atoms with Gasteiger partial charge in [0, 0.05) is 44.3 Å². The molecule has 4 aliphatic heterocycles. The van der Waals surface area contributed by atoms with E-state index in [4.69, 9.17) is 42.6 Å². The van der Waals surface area contributed by atoms with Crippen LogP contribution in [0, 0.1) is 23.7 Å². The molecule has 0 aromatic rings. The van der Waals surface area contributed by atoms with Crippen LogP contribution in [0.3, 0.4) is 0 Å². The summed E-state index contributed by atoms with van der Waals surface area (Å²) in [6.07, 6.45) is -9.08. The van der Waals surface area contributed by atoms with Crippen molar-refractivity contribution in [3.8, 4) is 0 Å². The van der Waals surface area contributed by atoms with Gasteiger partial charge < -0.3 is 77.9 Å². The van der Waals surface area contributed by atoms with E-state index in [1.807, 2.05) is 13.0 Å². The van der Waals surface area contributed by atoms with E-state index in [0.717, 1.165) is 0 Å². The summed E-state index contributed by atoms with van der Waals surface area (Å²) in [6, 6.07) is -0.767. The van der Waals surface area contributed by atoms with Crippen LogP contribution in [0.15, 0.2) is 23.8 Å². The van der Waals surface area contributed by atoms with Crippen LogP contribution in [0.25, 0.3) is 0 Å². The summed E-state index contributed by atoms with van der Waals surface area (Å²) in [6.45, 7) is 13.5. The van der Waals surface area contributed by atoms with Crippen LogP contribution in [0.5, 0.6) is 0 Å². The third kappa shape index (κ3) is 13.2. The van der Waals surface area contributed by atoms with E-state index < -0.39 is 140 Å². The molecule has 21 atom stereocenters. The summed E-state index contributed by atoms with van der Waals surface area (Å²) in [5.41, 5.74) is -0.826. The molecule has 0 aliphatic carbocycles. The number of aliphatic hydroxyl groups excluding tert-OH is 4. The second-order valence-corrected chi connectivity index (χ2v) is 18.4. The molecule has 0 spiro atoms. The van der Waals surface area contributed by atoms with Gasteiger partial charge in [-0.2, -0.15) is 0 Å². The van der Waals surface area contributed by atoms with Gasteiger partial charge in [0.05, 0.1) is 55.2 Å². The first kappa shape index (κ1) is 53.3. The monoisotopic (exact) mass is 902 g/mol. The molecule has 3 fully saturated rings. The van der Waals surface area contributed by atoms with E-state index in [-0.39, 0.29) is 25.2 Å². The van der Waals surface area contributed by atoms with Crippen LogP contribution >= 0.6 is 0 Å². The van der Waals surface area contributed by atoms with E-state index in [9.17, 15) is 39.9 Å². The SMILES string of the molecule is CCC1OC(=O)CC(O)C(C)C(OC2OC(C)C(OC3CC(C)(O)C(O)C(C)O3)C(N(C)C)C2O)C(C=O)CC(C)C(=O)/C=C\C(C)=C\C1COC1OC(C)C(O)C(OC)C1OC. The second kappa shape index (κ2) is 23.5. The van der Waals surface area contributed by atoms with Gasteiger partial charge in [0.25, 0.3) is 0 Å². The fourth-order valence-corrected chi connectivity index (χ4v) is 9.19. The molecule has 0 saturated carbocycles. The number of esters is 1. The van der Waals surface area contributed by atoms with Crippen LogP contribution < -0.4 is 0 Å². The zero-order valence-corrected chi connectivity index (χ0v) is 39.0. The summed E-state index contributed by atoms with van der Waals surface area (Å²) in [5.74, 6) is -4.14. The van der Waals surface area contributed by atoms with Crippen molar-refractivity contribution in [3.05, 3.63) is 23.8 Å². The summed E-state index contributed by atoms with van der Waals surface area (Å²) >= 11 is 0. The first-order chi connectivity index (χ1) is 29.6. The average molecular weight is 902 g/mol. The lowest BCUT2D eigenvalue weighted by Crippen LogP contribution is -2.65. The normalized spacial score (nSPS) is 46.5. The van der Waals surface area contributed by atoms with E-state index in [2.05, 4.69) is 0 Å². The molecule has 18 heteroatoms. The number of allylic oxidation sites excluding steroid dienone is 3. The third-order valence-corrected chi connectivity index (χ3v) is 13.1. The van der Waals surface area contributed by atoms with Crippen LogP contribution in [0.2, 0.25) is 0 Å². The van der Waals surface area contributed by atoms with Crippen LogP contribution in [0.1, 0.15) is 81.1 Å². The molecular weight excluding hydrogens is 826 g/mol. The average Bonchev–Trinajstić information content (AvgIpc) is 3.22. The molecule has 3 saturated heterocycles. The number of carbonyl (C=O) groups excluding carboxylic acids is 3. The number of aliphatic hydroxyl groups is 5. The Morgan fingerprint density at radius 3 is 2.10 bits per heavy atom. The highest BCUT2D eigenvalue weighted by molar-refractivity contribution is 5.92.